The summed E-state index contributed by atoms with van der Waals surface area (Å²) >= 11 is 17.9. The van der Waals surface area contributed by atoms with Crippen molar-refractivity contribution in [2.45, 2.75) is 19.7 Å². The van der Waals surface area contributed by atoms with Gasteiger partial charge in [-0.1, -0.05) is 51.3 Å². The molecular weight excluding hydrogens is 469 g/mol. The Balaban J connectivity index is 1.80. The molecule has 0 aliphatic heterocycles. The summed E-state index contributed by atoms with van der Waals surface area (Å²) in [5.74, 6) is 1.33. The van der Waals surface area contributed by atoms with Crippen LogP contribution in [0.1, 0.15) is 16.0 Å². The van der Waals surface area contributed by atoms with Gasteiger partial charge in [-0.3, -0.25) is 0 Å². The molecule has 7 heteroatoms. The molecule has 3 nitrogen and oxygen atoms in total. The van der Waals surface area contributed by atoms with Gasteiger partial charge in [0.1, 0.15) is 6.61 Å². The van der Waals surface area contributed by atoms with Crippen molar-refractivity contribution in [2.24, 2.45) is 0 Å². The normalized spacial score (nSPS) is 10.8. The summed E-state index contributed by atoms with van der Waals surface area (Å²) in [6.07, 6.45) is 0. The third-order valence-electron chi connectivity index (χ3n) is 3.99. The fourth-order valence-corrected chi connectivity index (χ4v) is 4.24. The standard InChI is InChI=1S/C20H18BrCl2NO2S/c1-25-19-8-7-16(21)14(11-24-10-13-4-3-9-27-13)20(19)26-12-15-17(22)5-2-6-18(15)23/h2-9,24H,10-12H2,1H3. The lowest BCUT2D eigenvalue weighted by atomic mass is 10.1. The second kappa shape index (κ2) is 9.80. The lowest BCUT2D eigenvalue weighted by Gasteiger charge is -2.18. The van der Waals surface area contributed by atoms with Gasteiger partial charge in [-0.15, -0.1) is 11.3 Å². The van der Waals surface area contributed by atoms with Crippen LogP contribution in [-0.2, 0) is 19.7 Å². The average Bonchev–Trinajstić information content (AvgIpc) is 3.17. The average molecular weight is 487 g/mol. The van der Waals surface area contributed by atoms with Gasteiger partial charge in [-0.05, 0) is 35.7 Å². The van der Waals surface area contributed by atoms with E-state index in [2.05, 4.69) is 32.7 Å². The smallest absolute Gasteiger partial charge is 0.167 e. The van der Waals surface area contributed by atoms with Crippen molar-refractivity contribution in [2.75, 3.05) is 7.11 Å². The molecule has 0 saturated heterocycles. The molecule has 0 atom stereocenters. The fraction of sp³-hybridized carbons (Fsp3) is 0.200. The van der Waals surface area contributed by atoms with E-state index >= 15 is 0 Å². The third-order valence-corrected chi connectivity index (χ3v) is 6.32. The predicted molar refractivity (Wildman–Crippen MR) is 116 cm³/mol. The van der Waals surface area contributed by atoms with E-state index in [0.29, 0.717) is 28.1 Å². The fourth-order valence-electron chi connectivity index (χ4n) is 2.60. The first kappa shape index (κ1) is 20.5. The highest BCUT2D eigenvalue weighted by Crippen LogP contribution is 2.37. The van der Waals surface area contributed by atoms with E-state index in [9.17, 15) is 0 Å². The molecular formula is C20H18BrCl2NO2S. The van der Waals surface area contributed by atoms with Gasteiger partial charge < -0.3 is 14.8 Å². The van der Waals surface area contributed by atoms with Gasteiger partial charge in [0.2, 0.25) is 0 Å². The number of hydrogen-bond donors (Lipinski definition) is 1. The van der Waals surface area contributed by atoms with E-state index in [1.54, 1.807) is 30.6 Å². The molecule has 2 aromatic carbocycles. The van der Waals surface area contributed by atoms with Gasteiger partial charge in [0.25, 0.3) is 0 Å². The van der Waals surface area contributed by atoms with Crippen molar-refractivity contribution in [3.63, 3.8) is 0 Å². The second-order valence-electron chi connectivity index (χ2n) is 5.73. The van der Waals surface area contributed by atoms with Crippen LogP contribution in [-0.4, -0.2) is 7.11 Å². The van der Waals surface area contributed by atoms with Gasteiger partial charge in [-0.2, -0.15) is 0 Å². The number of rotatable bonds is 8. The van der Waals surface area contributed by atoms with Crippen molar-refractivity contribution in [1.29, 1.82) is 0 Å². The molecule has 27 heavy (non-hydrogen) atoms. The summed E-state index contributed by atoms with van der Waals surface area (Å²) in [5.41, 5.74) is 1.73. The molecule has 3 rings (SSSR count). The maximum atomic E-state index is 6.26. The predicted octanol–water partition coefficient (Wildman–Crippen LogP) is 6.69. The Kier molecular flexibility index (Phi) is 7.44. The number of hydrogen-bond acceptors (Lipinski definition) is 4. The van der Waals surface area contributed by atoms with E-state index in [-0.39, 0.29) is 6.61 Å². The van der Waals surface area contributed by atoms with E-state index in [1.807, 2.05) is 24.3 Å². The first-order chi connectivity index (χ1) is 13.1. The number of benzene rings is 2. The quantitative estimate of drug-likeness (QED) is 0.384. The van der Waals surface area contributed by atoms with Crippen molar-refractivity contribution in [3.8, 4) is 11.5 Å². The first-order valence-corrected chi connectivity index (χ1v) is 10.7. The Morgan fingerprint density at radius 2 is 1.78 bits per heavy atom. The molecule has 142 valence electrons. The van der Waals surface area contributed by atoms with Crippen molar-refractivity contribution in [3.05, 3.63) is 78.4 Å². The molecule has 1 heterocycles. The van der Waals surface area contributed by atoms with Crippen molar-refractivity contribution < 1.29 is 9.47 Å². The van der Waals surface area contributed by atoms with E-state index in [1.165, 1.54) is 4.88 Å². The Morgan fingerprint density at radius 3 is 2.44 bits per heavy atom. The summed E-state index contributed by atoms with van der Waals surface area (Å²) < 4.78 is 12.6. The van der Waals surface area contributed by atoms with Gasteiger partial charge in [0, 0.05) is 43.6 Å². The third kappa shape index (κ3) is 5.18. The van der Waals surface area contributed by atoms with Gasteiger partial charge in [0.15, 0.2) is 11.5 Å². The number of ether oxygens (including phenoxy) is 2. The van der Waals surface area contributed by atoms with Crippen LogP contribution >= 0.6 is 50.5 Å². The maximum Gasteiger partial charge on any atom is 0.167 e. The molecule has 0 bridgehead atoms. The summed E-state index contributed by atoms with van der Waals surface area (Å²) in [7, 11) is 1.63. The van der Waals surface area contributed by atoms with Gasteiger partial charge in [0.05, 0.1) is 7.11 Å². The van der Waals surface area contributed by atoms with E-state index < -0.39 is 0 Å². The molecule has 0 saturated carbocycles. The highest BCUT2D eigenvalue weighted by Gasteiger charge is 2.16. The molecule has 0 amide bonds. The lowest BCUT2D eigenvalue weighted by Crippen LogP contribution is -2.14. The summed E-state index contributed by atoms with van der Waals surface area (Å²) in [6, 6.07) is 13.4. The lowest BCUT2D eigenvalue weighted by molar-refractivity contribution is 0.280. The zero-order valence-electron chi connectivity index (χ0n) is 14.6. The van der Waals surface area contributed by atoms with Crippen molar-refractivity contribution in [1.82, 2.24) is 5.32 Å². The number of methoxy groups -OCH3 is 1. The Bertz CT molecular complexity index is 883. The van der Waals surface area contributed by atoms with Crippen LogP contribution in [0.4, 0.5) is 0 Å². The summed E-state index contributed by atoms with van der Waals surface area (Å²) in [6.45, 7) is 1.67. The van der Waals surface area contributed by atoms with Crippen LogP contribution in [0.3, 0.4) is 0 Å². The minimum Gasteiger partial charge on any atom is -0.493 e. The number of thiophene rings is 1. The van der Waals surface area contributed by atoms with E-state index in [4.69, 9.17) is 32.7 Å². The Hall–Kier alpha value is -1.24. The zero-order valence-corrected chi connectivity index (χ0v) is 18.5. The molecule has 0 aliphatic rings. The highest BCUT2D eigenvalue weighted by molar-refractivity contribution is 9.10. The van der Waals surface area contributed by atoms with Crippen LogP contribution in [0, 0.1) is 0 Å². The minimum absolute atomic E-state index is 0.253. The highest BCUT2D eigenvalue weighted by atomic mass is 79.9. The minimum atomic E-state index is 0.253. The number of nitrogens with one attached hydrogen (secondary N) is 1. The first-order valence-electron chi connectivity index (χ1n) is 8.24. The summed E-state index contributed by atoms with van der Waals surface area (Å²) in [4.78, 5) is 1.28. The van der Waals surface area contributed by atoms with Crippen LogP contribution in [0.25, 0.3) is 0 Å². The van der Waals surface area contributed by atoms with Crippen LogP contribution in [0.5, 0.6) is 11.5 Å². The van der Waals surface area contributed by atoms with Gasteiger partial charge in [-0.25, -0.2) is 0 Å². The van der Waals surface area contributed by atoms with Crippen LogP contribution in [0.15, 0.2) is 52.3 Å². The largest absolute Gasteiger partial charge is 0.493 e. The molecule has 3 aromatic rings. The Morgan fingerprint density at radius 1 is 1.00 bits per heavy atom. The molecule has 1 aromatic heterocycles. The maximum absolute atomic E-state index is 6.26. The number of halogens is 3. The summed E-state index contributed by atoms with van der Waals surface area (Å²) in [5, 5.41) is 6.68. The second-order valence-corrected chi connectivity index (χ2v) is 8.43. The molecule has 0 aliphatic carbocycles. The van der Waals surface area contributed by atoms with Crippen LogP contribution in [0.2, 0.25) is 10.0 Å². The van der Waals surface area contributed by atoms with Crippen molar-refractivity contribution >= 4 is 50.5 Å². The molecule has 1 N–H and O–H groups in total. The topological polar surface area (TPSA) is 30.5 Å². The molecule has 0 unspecified atom stereocenters. The monoisotopic (exact) mass is 485 g/mol. The Labute approximate surface area is 181 Å². The van der Waals surface area contributed by atoms with Gasteiger partial charge >= 0.3 is 0 Å². The zero-order chi connectivity index (χ0) is 19.2. The molecule has 0 fully saturated rings. The molecule has 0 radical (unpaired) electrons. The van der Waals surface area contributed by atoms with Crippen LogP contribution < -0.4 is 14.8 Å². The van der Waals surface area contributed by atoms with E-state index in [0.717, 1.165) is 22.1 Å². The SMILES string of the molecule is COc1ccc(Br)c(CNCc2cccs2)c1OCc1c(Cl)cccc1Cl. The molecule has 0 spiro atoms.